The van der Waals surface area contributed by atoms with Gasteiger partial charge in [-0.3, -0.25) is 4.79 Å². The molecular weight excluding hydrogens is 294 g/mol. The van der Waals surface area contributed by atoms with Crippen molar-refractivity contribution in [2.24, 2.45) is 0 Å². The third kappa shape index (κ3) is 3.09. The minimum absolute atomic E-state index is 0.230. The fraction of sp³-hybridized carbons (Fsp3) is 0.529. The van der Waals surface area contributed by atoms with Gasteiger partial charge in [0.2, 0.25) is 5.91 Å². The zero-order valence-electron chi connectivity index (χ0n) is 13.3. The molecule has 1 fully saturated rings. The van der Waals surface area contributed by atoms with Crippen molar-refractivity contribution in [3.8, 4) is 0 Å². The van der Waals surface area contributed by atoms with E-state index in [1.165, 1.54) is 11.1 Å². The van der Waals surface area contributed by atoms with E-state index < -0.39 is 0 Å². The number of hydrogen-bond donors (Lipinski definition) is 0. The molecule has 4 nitrogen and oxygen atoms in total. The standard InChI is InChI=1S/C17H23N3OS/c1-3-13-8-6-7-11-20(13)16(21)12-19(2)17-18-14-9-4-5-10-15(14)22-17/h4-5,9-10,13H,3,6-8,11-12H2,1-2H3. The summed E-state index contributed by atoms with van der Waals surface area (Å²) in [5, 5.41) is 0.916. The number of nitrogens with zero attached hydrogens (tertiary/aromatic N) is 3. The van der Waals surface area contributed by atoms with Gasteiger partial charge in [0.1, 0.15) is 0 Å². The molecule has 0 bridgehead atoms. The van der Waals surface area contributed by atoms with Crippen molar-refractivity contribution in [3.05, 3.63) is 24.3 Å². The lowest BCUT2D eigenvalue weighted by Crippen LogP contribution is -2.47. The van der Waals surface area contributed by atoms with Crippen LogP contribution in [0.2, 0.25) is 0 Å². The van der Waals surface area contributed by atoms with Gasteiger partial charge in [0.25, 0.3) is 0 Å². The van der Waals surface area contributed by atoms with Crippen LogP contribution in [0.5, 0.6) is 0 Å². The molecule has 0 N–H and O–H groups in total. The number of rotatable bonds is 4. The van der Waals surface area contributed by atoms with Crippen LogP contribution in [0.25, 0.3) is 10.2 Å². The first-order valence-electron chi connectivity index (χ1n) is 8.05. The molecule has 5 heteroatoms. The van der Waals surface area contributed by atoms with Gasteiger partial charge in [0.05, 0.1) is 16.8 Å². The normalized spacial score (nSPS) is 18.6. The molecule has 1 aromatic heterocycles. The number of fused-ring (bicyclic) bond motifs is 1. The van der Waals surface area contributed by atoms with Crippen LogP contribution in [0.15, 0.2) is 24.3 Å². The molecule has 1 aromatic carbocycles. The molecule has 1 unspecified atom stereocenters. The third-order valence-electron chi connectivity index (χ3n) is 4.40. The average molecular weight is 317 g/mol. The van der Waals surface area contributed by atoms with Gasteiger partial charge in [0.15, 0.2) is 5.13 Å². The second kappa shape index (κ2) is 6.65. The molecular formula is C17H23N3OS. The third-order valence-corrected chi connectivity index (χ3v) is 5.55. The first kappa shape index (κ1) is 15.3. The van der Waals surface area contributed by atoms with Gasteiger partial charge in [-0.15, -0.1) is 0 Å². The van der Waals surface area contributed by atoms with E-state index in [9.17, 15) is 4.79 Å². The van der Waals surface area contributed by atoms with Gasteiger partial charge in [-0.25, -0.2) is 4.98 Å². The number of amides is 1. The van der Waals surface area contributed by atoms with Crippen molar-refractivity contribution < 1.29 is 4.79 Å². The van der Waals surface area contributed by atoms with Crippen molar-refractivity contribution in [3.63, 3.8) is 0 Å². The van der Waals surface area contributed by atoms with E-state index in [1.807, 2.05) is 30.1 Å². The highest BCUT2D eigenvalue weighted by Gasteiger charge is 2.26. The lowest BCUT2D eigenvalue weighted by Gasteiger charge is -2.36. The van der Waals surface area contributed by atoms with E-state index in [4.69, 9.17) is 0 Å². The van der Waals surface area contributed by atoms with E-state index in [0.717, 1.165) is 36.5 Å². The summed E-state index contributed by atoms with van der Waals surface area (Å²) in [4.78, 5) is 21.3. The quantitative estimate of drug-likeness (QED) is 0.865. The lowest BCUT2D eigenvalue weighted by molar-refractivity contribution is -0.133. The monoisotopic (exact) mass is 317 g/mol. The summed E-state index contributed by atoms with van der Waals surface area (Å²) >= 11 is 1.64. The van der Waals surface area contributed by atoms with Crippen LogP contribution in [0.4, 0.5) is 5.13 Å². The lowest BCUT2D eigenvalue weighted by atomic mass is 10.00. The molecule has 22 heavy (non-hydrogen) atoms. The summed E-state index contributed by atoms with van der Waals surface area (Å²) in [6, 6.07) is 8.53. The fourth-order valence-electron chi connectivity index (χ4n) is 3.14. The molecule has 1 aliphatic rings. The Balaban J connectivity index is 1.70. The zero-order valence-corrected chi connectivity index (χ0v) is 14.1. The first-order valence-corrected chi connectivity index (χ1v) is 8.87. The van der Waals surface area contributed by atoms with Gasteiger partial charge >= 0.3 is 0 Å². The smallest absolute Gasteiger partial charge is 0.242 e. The summed E-state index contributed by atoms with van der Waals surface area (Å²) in [5.41, 5.74) is 1.01. The fourth-order valence-corrected chi connectivity index (χ4v) is 4.06. The Labute approximate surface area is 135 Å². The summed E-state index contributed by atoms with van der Waals surface area (Å²) in [5.74, 6) is 0.230. The van der Waals surface area contributed by atoms with Crippen molar-refractivity contribution in [2.45, 2.75) is 38.6 Å². The zero-order chi connectivity index (χ0) is 15.5. The van der Waals surface area contributed by atoms with Crippen LogP contribution >= 0.6 is 11.3 Å². The molecule has 1 atom stereocenters. The van der Waals surface area contributed by atoms with Crippen molar-refractivity contribution >= 4 is 32.6 Å². The number of hydrogen-bond acceptors (Lipinski definition) is 4. The van der Waals surface area contributed by atoms with Crippen LogP contribution in [0.1, 0.15) is 32.6 Å². The Hall–Kier alpha value is -1.62. The highest BCUT2D eigenvalue weighted by Crippen LogP contribution is 2.28. The molecule has 0 spiro atoms. The Kier molecular flexibility index (Phi) is 4.62. The largest absolute Gasteiger partial charge is 0.342 e. The Morgan fingerprint density at radius 2 is 2.23 bits per heavy atom. The maximum atomic E-state index is 12.6. The topological polar surface area (TPSA) is 36.4 Å². The molecule has 0 saturated carbocycles. The average Bonchev–Trinajstić information content (AvgIpc) is 2.99. The van der Waals surface area contributed by atoms with Crippen molar-refractivity contribution in [2.75, 3.05) is 25.0 Å². The van der Waals surface area contributed by atoms with E-state index in [-0.39, 0.29) is 5.91 Å². The molecule has 3 rings (SSSR count). The number of anilines is 1. The number of carbonyl (C=O) groups excluding carboxylic acids is 1. The van der Waals surface area contributed by atoms with E-state index in [2.05, 4.69) is 22.9 Å². The molecule has 0 aliphatic carbocycles. The number of benzene rings is 1. The predicted molar refractivity (Wildman–Crippen MR) is 92.5 cm³/mol. The minimum atomic E-state index is 0.230. The van der Waals surface area contributed by atoms with Gasteiger partial charge in [-0.1, -0.05) is 30.4 Å². The summed E-state index contributed by atoms with van der Waals surface area (Å²) in [7, 11) is 1.96. The van der Waals surface area contributed by atoms with Crippen molar-refractivity contribution in [1.82, 2.24) is 9.88 Å². The Bertz CT molecular complexity index is 621. The summed E-state index contributed by atoms with van der Waals surface area (Å²) in [6.45, 7) is 3.49. The molecule has 0 radical (unpaired) electrons. The SMILES string of the molecule is CCC1CCCCN1C(=O)CN(C)c1nc2ccccc2s1. The van der Waals surface area contributed by atoms with Crippen LogP contribution in [0, 0.1) is 0 Å². The number of likely N-dealkylation sites (N-methyl/N-ethyl adjacent to an activating group) is 1. The molecule has 1 saturated heterocycles. The van der Waals surface area contributed by atoms with E-state index in [1.54, 1.807) is 11.3 Å². The number of likely N-dealkylation sites (tertiary alicyclic amines) is 1. The Morgan fingerprint density at radius 3 is 3.00 bits per heavy atom. The molecule has 1 aliphatic heterocycles. The van der Waals surface area contributed by atoms with Crippen LogP contribution < -0.4 is 4.90 Å². The van der Waals surface area contributed by atoms with Gasteiger partial charge in [0, 0.05) is 19.6 Å². The molecule has 2 heterocycles. The Morgan fingerprint density at radius 1 is 1.41 bits per heavy atom. The van der Waals surface area contributed by atoms with Gasteiger partial charge < -0.3 is 9.80 Å². The number of aromatic nitrogens is 1. The van der Waals surface area contributed by atoms with E-state index >= 15 is 0 Å². The second-order valence-electron chi connectivity index (χ2n) is 5.97. The predicted octanol–water partition coefficient (Wildman–Crippen LogP) is 3.52. The second-order valence-corrected chi connectivity index (χ2v) is 6.97. The number of piperidine rings is 1. The highest BCUT2D eigenvalue weighted by atomic mass is 32.1. The van der Waals surface area contributed by atoms with Crippen LogP contribution in [0.3, 0.4) is 0 Å². The molecule has 1 amide bonds. The first-order chi connectivity index (χ1) is 10.7. The van der Waals surface area contributed by atoms with Gasteiger partial charge in [-0.2, -0.15) is 0 Å². The molecule has 2 aromatic rings. The number of para-hydroxylation sites is 1. The highest BCUT2D eigenvalue weighted by molar-refractivity contribution is 7.22. The molecule has 118 valence electrons. The van der Waals surface area contributed by atoms with Crippen LogP contribution in [-0.4, -0.2) is 42.0 Å². The summed E-state index contributed by atoms with van der Waals surface area (Å²) in [6.07, 6.45) is 4.58. The van der Waals surface area contributed by atoms with Crippen LogP contribution in [-0.2, 0) is 4.79 Å². The van der Waals surface area contributed by atoms with Gasteiger partial charge in [-0.05, 0) is 37.8 Å². The van der Waals surface area contributed by atoms with Crippen molar-refractivity contribution in [1.29, 1.82) is 0 Å². The number of carbonyl (C=O) groups is 1. The summed E-state index contributed by atoms with van der Waals surface area (Å²) < 4.78 is 1.17. The van der Waals surface area contributed by atoms with E-state index in [0.29, 0.717) is 12.6 Å². The minimum Gasteiger partial charge on any atom is -0.342 e. The maximum absolute atomic E-state index is 12.6. The number of thiazole rings is 1. The maximum Gasteiger partial charge on any atom is 0.242 e.